The van der Waals surface area contributed by atoms with Gasteiger partial charge in [-0.25, -0.2) is 8.78 Å². The number of halogens is 3. The van der Waals surface area contributed by atoms with Crippen molar-refractivity contribution in [2.75, 3.05) is 17.2 Å². The lowest BCUT2D eigenvalue weighted by Gasteiger charge is -2.10. The highest BCUT2D eigenvalue weighted by Gasteiger charge is 2.16. The molecule has 3 nitrogen and oxygen atoms in total. The van der Waals surface area contributed by atoms with Crippen molar-refractivity contribution in [3.8, 4) is 0 Å². The van der Waals surface area contributed by atoms with Crippen molar-refractivity contribution in [1.82, 2.24) is 0 Å². The van der Waals surface area contributed by atoms with E-state index in [1.807, 2.05) is 6.07 Å². The number of rotatable bonds is 2. The summed E-state index contributed by atoms with van der Waals surface area (Å²) in [4.78, 5) is 12.2. The summed E-state index contributed by atoms with van der Waals surface area (Å²) in [5, 5.41) is 5.66. The summed E-state index contributed by atoms with van der Waals surface area (Å²) < 4.78 is 26.9. The fourth-order valence-electron chi connectivity index (χ4n) is 2.29. The van der Waals surface area contributed by atoms with Crippen LogP contribution in [0.25, 0.3) is 0 Å². The molecule has 21 heavy (non-hydrogen) atoms. The molecule has 0 atom stereocenters. The van der Waals surface area contributed by atoms with Gasteiger partial charge in [-0.2, -0.15) is 0 Å². The van der Waals surface area contributed by atoms with Gasteiger partial charge in [0.2, 0.25) is 0 Å². The van der Waals surface area contributed by atoms with E-state index >= 15 is 0 Å². The smallest absolute Gasteiger partial charge is 0.255 e. The van der Waals surface area contributed by atoms with Crippen LogP contribution >= 0.6 is 15.9 Å². The number of nitrogens with one attached hydrogen (secondary N) is 2. The van der Waals surface area contributed by atoms with Gasteiger partial charge in [-0.15, -0.1) is 0 Å². The van der Waals surface area contributed by atoms with E-state index in [9.17, 15) is 13.6 Å². The molecule has 1 aliphatic rings. The van der Waals surface area contributed by atoms with Gasteiger partial charge in [-0.1, -0.05) is 0 Å². The molecule has 6 heteroatoms. The lowest BCUT2D eigenvalue weighted by Crippen LogP contribution is -2.14. The van der Waals surface area contributed by atoms with Crippen LogP contribution in [0.1, 0.15) is 15.9 Å². The third-order valence-electron chi connectivity index (χ3n) is 3.32. The maximum absolute atomic E-state index is 13.7. The quantitative estimate of drug-likeness (QED) is 0.859. The number of fused-ring (bicyclic) bond motifs is 1. The van der Waals surface area contributed by atoms with E-state index in [0.29, 0.717) is 5.56 Å². The molecule has 1 heterocycles. The van der Waals surface area contributed by atoms with Crippen LogP contribution in [0, 0.1) is 11.6 Å². The lowest BCUT2D eigenvalue weighted by atomic mass is 10.1. The van der Waals surface area contributed by atoms with Gasteiger partial charge < -0.3 is 10.6 Å². The first kappa shape index (κ1) is 14.0. The van der Waals surface area contributed by atoms with E-state index in [-0.39, 0.29) is 10.2 Å². The minimum atomic E-state index is -0.821. The summed E-state index contributed by atoms with van der Waals surface area (Å²) in [7, 11) is 0. The summed E-state index contributed by atoms with van der Waals surface area (Å²) >= 11 is 3.04. The minimum absolute atomic E-state index is 0.0694. The Kier molecular flexibility index (Phi) is 3.63. The van der Waals surface area contributed by atoms with Crippen LogP contribution in [0.4, 0.5) is 20.2 Å². The van der Waals surface area contributed by atoms with Crippen molar-refractivity contribution < 1.29 is 13.6 Å². The Morgan fingerprint density at radius 3 is 2.81 bits per heavy atom. The summed E-state index contributed by atoms with van der Waals surface area (Å²) in [6.45, 7) is 0.846. The van der Waals surface area contributed by atoms with E-state index in [1.54, 1.807) is 12.1 Å². The first-order valence-electron chi connectivity index (χ1n) is 6.37. The summed E-state index contributed by atoms with van der Waals surface area (Å²) in [5.74, 6) is -1.96. The molecule has 0 radical (unpaired) electrons. The first-order valence-corrected chi connectivity index (χ1v) is 7.16. The molecule has 0 unspecified atom stereocenters. The zero-order valence-corrected chi connectivity index (χ0v) is 12.4. The maximum Gasteiger partial charge on any atom is 0.255 e. The normalized spacial score (nSPS) is 12.7. The van der Waals surface area contributed by atoms with E-state index < -0.39 is 17.5 Å². The second-order valence-electron chi connectivity index (χ2n) is 4.75. The van der Waals surface area contributed by atoms with Gasteiger partial charge in [0.1, 0.15) is 5.82 Å². The predicted molar refractivity (Wildman–Crippen MR) is 80.6 cm³/mol. The lowest BCUT2D eigenvalue weighted by molar-refractivity contribution is 0.102. The SMILES string of the molecule is O=C(Nc1c(F)cc(F)cc1Br)c1ccc2c(c1)CCN2. The Hall–Kier alpha value is -1.95. The van der Waals surface area contributed by atoms with Crippen LogP contribution in [0.5, 0.6) is 0 Å². The topological polar surface area (TPSA) is 41.1 Å². The zero-order chi connectivity index (χ0) is 15.0. The molecule has 0 saturated heterocycles. The van der Waals surface area contributed by atoms with Gasteiger partial charge in [0.05, 0.1) is 5.69 Å². The van der Waals surface area contributed by atoms with Crippen LogP contribution in [0.3, 0.4) is 0 Å². The number of carbonyl (C=O) groups excluding carboxylic acids is 1. The monoisotopic (exact) mass is 352 g/mol. The molecule has 108 valence electrons. The van der Waals surface area contributed by atoms with Crippen molar-refractivity contribution in [1.29, 1.82) is 0 Å². The molecular formula is C15H11BrF2N2O. The molecule has 3 rings (SSSR count). The van der Waals surface area contributed by atoms with Crippen molar-refractivity contribution in [3.05, 3.63) is 57.6 Å². The van der Waals surface area contributed by atoms with Gasteiger partial charge in [0, 0.05) is 28.3 Å². The third-order valence-corrected chi connectivity index (χ3v) is 3.95. The Balaban J connectivity index is 1.87. The Bertz CT molecular complexity index is 711. The second-order valence-corrected chi connectivity index (χ2v) is 5.60. The average molecular weight is 353 g/mol. The Labute approximate surface area is 128 Å². The van der Waals surface area contributed by atoms with Crippen LogP contribution < -0.4 is 10.6 Å². The fourth-order valence-corrected chi connectivity index (χ4v) is 2.80. The third kappa shape index (κ3) is 2.76. The van der Waals surface area contributed by atoms with Gasteiger partial charge in [-0.05, 0) is 52.2 Å². The van der Waals surface area contributed by atoms with E-state index in [4.69, 9.17) is 0 Å². The van der Waals surface area contributed by atoms with Crippen LogP contribution in [0.2, 0.25) is 0 Å². The van der Waals surface area contributed by atoms with Gasteiger partial charge in [-0.3, -0.25) is 4.79 Å². The molecule has 0 spiro atoms. The molecule has 1 aliphatic heterocycles. The number of amides is 1. The maximum atomic E-state index is 13.7. The number of anilines is 2. The number of hydrogen-bond donors (Lipinski definition) is 2. The second kappa shape index (κ2) is 5.44. The molecule has 1 amide bonds. The molecule has 0 saturated carbocycles. The highest BCUT2D eigenvalue weighted by Crippen LogP contribution is 2.28. The van der Waals surface area contributed by atoms with E-state index in [0.717, 1.165) is 36.3 Å². The van der Waals surface area contributed by atoms with E-state index in [1.165, 1.54) is 0 Å². The molecule has 2 aromatic carbocycles. The summed E-state index contributed by atoms with van der Waals surface area (Å²) in [5.41, 5.74) is 2.44. The van der Waals surface area contributed by atoms with Gasteiger partial charge in [0.15, 0.2) is 5.82 Å². The zero-order valence-electron chi connectivity index (χ0n) is 10.8. The highest BCUT2D eigenvalue weighted by molar-refractivity contribution is 9.10. The van der Waals surface area contributed by atoms with Crippen LogP contribution in [-0.4, -0.2) is 12.5 Å². The molecule has 2 aromatic rings. The van der Waals surface area contributed by atoms with Crippen molar-refractivity contribution in [2.24, 2.45) is 0 Å². The Morgan fingerprint density at radius 2 is 2.05 bits per heavy atom. The molecule has 2 N–H and O–H groups in total. The highest BCUT2D eigenvalue weighted by atomic mass is 79.9. The molecule has 0 aliphatic carbocycles. The van der Waals surface area contributed by atoms with Crippen LogP contribution in [0.15, 0.2) is 34.8 Å². The van der Waals surface area contributed by atoms with Crippen molar-refractivity contribution in [2.45, 2.75) is 6.42 Å². The standard InChI is InChI=1S/C15H11BrF2N2O/c16-11-6-10(17)7-12(18)14(11)20-15(21)9-1-2-13-8(5-9)3-4-19-13/h1-2,5-7,19H,3-4H2,(H,20,21). The van der Waals surface area contributed by atoms with Crippen LogP contribution in [-0.2, 0) is 6.42 Å². The minimum Gasteiger partial charge on any atom is -0.384 e. The summed E-state index contributed by atoms with van der Waals surface area (Å²) in [6.07, 6.45) is 0.852. The number of carbonyl (C=O) groups is 1. The first-order chi connectivity index (χ1) is 10.0. The fraction of sp³-hybridized carbons (Fsp3) is 0.133. The van der Waals surface area contributed by atoms with Gasteiger partial charge >= 0.3 is 0 Å². The largest absolute Gasteiger partial charge is 0.384 e. The number of hydrogen-bond acceptors (Lipinski definition) is 2. The molecular weight excluding hydrogens is 342 g/mol. The van der Waals surface area contributed by atoms with Gasteiger partial charge in [0.25, 0.3) is 5.91 Å². The van der Waals surface area contributed by atoms with Crippen molar-refractivity contribution in [3.63, 3.8) is 0 Å². The molecule has 0 bridgehead atoms. The summed E-state index contributed by atoms with van der Waals surface area (Å²) in [6, 6.07) is 7.10. The number of benzene rings is 2. The molecule has 0 fully saturated rings. The average Bonchev–Trinajstić information content (AvgIpc) is 2.89. The van der Waals surface area contributed by atoms with E-state index in [2.05, 4.69) is 26.6 Å². The predicted octanol–water partition coefficient (Wildman–Crippen LogP) is 3.95. The molecule has 0 aromatic heterocycles. The van der Waals surface area contributed by atoms with Crippen molar-refractivity contribution >= 4 is 33.2 Å². The Morgan fingerprint density at radius 1 is 1.24 bits per heavy atom.